The van der Waals surface area contributed by atoms with E-state index in [1.165, 1.54) is 0 Å². The Bertz CT molecular complexity index is 1110. The highest BCUT2D eigenvalue weighted by molar-refractivity contribution is 5.96. The Labute approximate surface area is 183 Å². The molecule has 1 aliphatic rings. The van der Waals surface area contributed by atoms with Crippen molar-refractivity contribution in [2.45, 2.75) is 57.8 Å². The molecule has 0 bridgehead atoms. The van der Waals surface area contributed by atoms with Crippen molar-refractivity contribution in [3.8, 4) is 0 Å². The van der Waals surface area contributed by atoms with Crippen molar-refractivity contribution in [3.05, 3.63) is 53.0 Å². The largest absolute Gasteiger partial charge is 0.433 e. The van der Waals surface area contributed by atoms with Gasteiger partial charge in [0.1, 0.15) is 17.0 Å². The maximum Gasteiger partial charge on any atom is 0.433 e. The third-order valence-electron chi connectivity index (χ3n) is 6.20. The zero-order valence-corrected chi connectivity index (χ0v) is 18.2. The molecule has 0 unspecified atom stereocenters. The van der Waals surface area contributed by atoms with Crippen LogP contribution < -0.4 is 10.2 Å². The van der Waals surface area contributed by atoms with Gasteiger partial charge in [0.25, 0.3) is 5.91 Å². The van der Waals surface area contributed by atoms with Crippen LogP contribution in [-0.4, -0.2) is 35.2 Å². The van der Waals surface area contributed by atoms with Gasteiger partial charge in [0.2, 0.25) is 0 Å². The predicted octanol–water partition coefficient (Wildman–Crippen LogP) is 5.04. The van der Waals surface area contributed by atoms with Crippen molar-refractivity contribution < 1.29 is 22.5 Å². The van der Waals surface area contributed by atoms with Crippen LogP contribution in [0.15, 0.2) is 34.9 Å². The summed E-state index contributed by atoms with van der Waals surface area (Å²) in [5.41, 5.74) is 0.972. The zero-order valence-electron chi connectivity index (χ0n) is 18.2. The molecule has 3 aromatic rings. The summed E-state index contributed by atoms with van der Waals surface area (Å²) in [5, 5.41) is 7.56. The van der Waals surface area contributed by atoms with Crippen molar-refractivity contribution in [3.63, 3.8) is 0 Å². The van der Waals surface area contributed by atoms with Crippen LogP contribution in [0.4, 0.5) is 18.9 Å². The quantitative estimate of drug-likeness (QED) is 0.608. The van der Waals surface area contributed by atoms with E-state index < -0.39 is 11.9 Å². The Morgan fingerprint density at radius 2 is 1.84 bits per heavy atom. The molecule has 1 aliphatic carbocycles. The second-order valence-electron chi connectivity index (χ2n) is 8.33. The smallest absolute Gasteiger partial charge is 0.371 e. The topological polar surface area (TPSA) is 71.3 Å². The molecular formula is C23H25F3N4O2. The van der Waals surface area contributed by atoms with Gasteiger partial charge in [-0.25, -0.2) is 4.98 Å². The van der Waals surface area contributed by atoms with Gasteiger partial charge in [-0.1, -0.05) is 23.4 Å². The number of hydrogen-bond donors (Lipinski definition) is 1. The number of rotatable bonds is 4. The van der Waals surface area contributed by atoms with Gasteiger partial charge < -0.3 is 14.7 Å². The first-order valence-electron chi connectivity index (χ1n) is 10.6. The third-order valence-corrected chi connectivity index (χ3v) is 6.20. The monoisotopic (exact) mass is 446 g/mol. The Hall–Kier alpha value is -3.10. The van der Waals surface area contributed by atoms with E-state index in [1.807, 2.05) is 11.9 Å². The Kier molecular flexibility index (Phi) is 5.83. The fourth-order valence-corrected chi connectivity index (χ4v) is 4.46. The van der Waals surface area contributed by atoms with Gasteiger partial charge in [-0.05, 0) is 51.7 Å². The number of carbonyl (C=O) groups excluding carboxylic acids is 1. The normalized spacial score (nSPS) is 19.2. The number of aryl methyl sites for hydroxylation is 2. The van der Waals surface area contributed by atoms with Crippen LogP contribution in [0.3, 0.4) is 0 Å². The van der Waals surface area contributed by atoms with E-state index in [4.69, 9.17) is 4.52 Å². The highest BCUT2D eigenvalue weighted by Gasteiger charge is 2.35. The first-order chi connectivity index (χ1) is 15.1. The summed E-state index contributed by atoms with van der Waals surface area (Å²) in [4.78, 5) is 18.3. The number of halogens is 3. The van der Waals surface area contributed by atoms with Gasteiger partial charge in [0, 0.05) is 30.2 Å². The number of nitrogens with zero attached hydrogens (tertiary/aromatic N) is 3. The molecule has 170 valence electrons. The lowest BCUT2D eigenvalue weighted by atomic mass is 9.89. The van der Waals surface area contributed by atoms with Crippen LogP contribution in [0.1, 0.15) is 53.2 Å². The van der Waals surface area contributed by atoms with Crippen LogP contribution in [0, 0.1) is 13.8 Å². The number of benzene rings is 1. The molecule has 0 spiro atoms. The average molecular weight is 446 g/mol. The second-order valence-corrected chi connectivity index (χ2v) is 8.33. The van der Waals surface area contributed by atoms with Crippen molar-refractivity contribution in [1.29, 1.82) is 0 Å². The molecule has 0 atom stereocenters. The highest BCUT2D eigenvalue weighted by atomic mass is 19.4. The van der Waals surface area contributed by atoms with Crippen molar-refractivity contribution in [2.75, 3.05) is 11.9 Å². The van der Waals surface area contributed by atoms with Crippen LogP contribution in [-0.2, 0) is 6.18 Å². The van der Waals surface area contributed by atoms with E-state index in [0.717, 1.165) is 31.7 Å². The third kappa shape index (κ3) is 4.28. The maximum absolute atomic E-state index is 13.4. The lowest BCUT2D eigenvalue weighted by Gasteiger charge is -2.37. The van der Waals surface area contributed by atoms with E-state index >= 15 is 0 Å². The van der Waals surface area contributed by atoms with E-state index in [2.05, 4.69) is 15.5 Å². The number of hydrogen-bond acceptors (Lipinski definition) is 5. The first kappa shape index (κ1) is 22.1. The molecule has 0 aliphatic heterocycles. The molecule has 1 N–H and O–H groups in total. The molecule has 1 aromatic carbocycles. The van der Waals surface area contributed by atoms with Crippen molar-refractivity contribution >= 4 is 22.5 Å². The minimum atomic E-state index is -4.51. The molecule has 0 radical (unpaired) electrons. The molecular weight excluding hydrogens is 421 g/mol. The fraction of sp³-hybridized carbons (Fsp3) is 0.435. The molecule has 0 saturated heterocycles. The summed E-state index contributed by atoms with van der Waals surface area (Å²) in [6.07, 6.45) is -1.54. The molecule has 2 heterocycles. The van der Waals surface area contributed by atoms with Crippen LogP contribution in [0.2, 0.25) is 0 Å². The Balaban J connectivity index is 1.48. The average Bonchev–Trinajstić information content (AvgIpc) is 3.10. The molecule has 32 heavy (non-hydrogen) atoms. The molecule has 1 amide bonds. The highest BCUT2D eigenvalue weighted by Crippen LogP contribution is 2.36. The SMILES string of the molecule is Cc1noc(C)c1C(=O)N[C@H]1CC[C@@H](N(C)c2cc(C(F)(F)F)nc3ccccc23)CC1. The fourth-order valence-electron chi connectivity index (χ4n) is 4.46. The number of para-hydroxylation sites is 1. The summed E-state index contributed by atoms with van der Waals surface area (Å²) in [6, 6.07) is 8.08. The number of amides is 1. The number of carbonyl (C=O) groups is 1. The van der Waals surface area contributed by atoms with Gasteiger partial charge in [0.05, 0.1) is 11.2 Å². The minimum Gasteiger partial charge on any atom is -0.371 e. The summed E-state index contributed by atoms with van der Waals surface area (Å²) >= 11 is 0. The van der Waals surface area contributed by atoms with Crippen molar-refractivity contribution in [1.82, 2.24) is 15.5 Å². The van der Waals surface area contributed by atoms with Crippen LogP contribution in [0.25, 0.3) is 10.9 Å². The van der Waals surface area contributed by atoms with E-state index in [0.29, 0.717) is 33.6 Å². The minimum absolute atomic E-state index is 0.000713. The molecule has 1 saturated carbocycles. The number of anilines is 1. The molecule has 6 nitrogen and oxygen atoms in total. The predicted molar refractivity (Wildman–Crippen MR) is 115 cm³/mol. The standard InChI is InChI=1S/C23H25F3N4O2/c1-13-21(14(2)32-29-13)22(31)27-15-8-10-16(11-9-15)30(3)19-12-20(23(24,25)26)28-18-7-5-4-6-17(18)19/h4-7,12,15-16H,8-11H2,1-3H3,(H,27,31)/t15-,16+. The Morgan fingerprint density at radius 3 is 2.47 bits per heavy atom. The number of nitrogens with one attached hydrogen (secondary N) is 1. The summed E-state index contributed by atoms with van der Waals surface area (Å²) in [5.74, 6) is 0.284. The Morgan fingerprint density at radius 1 is 1.16 bits per heavy atom. The lowest BCUT2D eigenvalue weighted by molar-refractivity contribution is -0.140. The molecule has 9 heteroatoms. The number of fused-ring (bicyclic) bond motifs is 1. The van der Waals surface area contributed by atoms with E-state index in [1.54, 1.807) is 38.1 Å². The van der Waals surface area contributed by atoms with Crippen LogP contribution in [0.5, 0.6) is 0 Å². The molecule has 4 rings (SSSR count). The summed E-state index contributed by atoms with van der Waals surface area (Å²) in [6.45, 7) is 3.43. The lowest BCUT2D eigenvalue weighted by Crippen LogP contribution is -2.43. The molecule has 2 aromatic heterocycles. The zero-order chi connectivity index (χ0) is 23.0. The first-order valence-corrected chi connectivity index (χ1v) is 10.6. The number of pyridine rings is 1. The maximum atomic E-state index is 13.4. The van der Waals surface area contributed by atoms with E-state index in [9.17, 15) is 18.0 Å². The summed E-state index contributed by atoms with van der Waals surface area (Å²) in [7, 11) is 1.83. The number of alkyl halides is 3. The second kappa shape index (κ2) is 8.44. The van der Waals surface area contributed by atoms with Gasteiger partial charge in [-0.15, -0.1) is 0 Å². The van der Waals surface area contributed by atoms with Crippen molar-refractivity contribution in [2.24, 2.45) is 0 Å². The van der Waals surface area contributed by atoms with Gasteiger partial charge in [-0.2, -0.15) is 13.2 Å². The molecule has 1 fully saturated rings. The van der Waals surface area contributed by atoms with E-state index in [-0.39, 0.29) is 18.0 Å². The van der Waals surface area contributed by atoms with Gasteiger partial charge in [-0.3, -0.25) is 4.79 Å². The number of aromatic nitrogens is 2. The summed E-state index contributed by atoms with van der Waals surface area (Å²) < 4.78 is 45.3. The van der Waals surface area contributed by atoms with Crippen LogP contribution >= 0.6 is 0 Å². The van der Waals surface area contributed by atoms with Gasteiger partial charge >= 0.3 is 6.18 Å². The van der Waals surface area contributed by atoms with Gasteiger partial charge in [0.15, 0.2) is 0 Å².